The molecule has 0 bridgehead atoms. The molecule has 0 spiro atoms. The third kappa shape index (κ3) is 5.34. The standard InChI is InChI=1S/C19H20N2O5/c1-3-26-14-10-8-13(9-11-14)20-17(22)12-18(23)21-16-7-5-4-6-15(16)19(24)25-2/h4-11H,3,12H2,1-2H3,(H,20,22)(H,21,23). The number of carbonyl (C=O) groups excluding carboxylic acids is 3. The maximum absolute atomic E-state index is 12.1. The van der Waals surface area contributed by atoms with Crippen LogP contribution in [0.25, 0.3) is 0 Å². The van der Waals surface area contributed by atoms with Crippen molar-refractivity contribution in [3.05, 3.63) is 54.1 Å². The molecule has 26 heavy (non-hydrogen) atoms. The minimum Gasteiger partial charge on any atom is -0.494 e. The molecule has 0 aromatic heterocycles. The average molecular weight is 356 g/mol. The fourth-order valence-electron chi connectivity index (χ4n) is 2.23. The molecule has 0 aliphatic rings. The summed E-state index contributed by atoms with van der Waals surface area (Å²) >= 11 is 0. The molecule has 2 rings (SSSR count). The number of carbonyl (C=O) groups is 3. The number of anilines is 2. The van der Waals surface area contributed by atoms with Gasteiger partial charge in [-0.25, -0.2) is 4.79 Å². The summed E-state index contributed by atoms with van der Waals surface area (Å²) in [6.45, 7) is 2.44. The normalized spacial score (nSPS) is 9.92. The largest absolute Gasteiger partial charge is 0.494 e. The van der Waals surface area contributed by atoms with Gasteiger partial charge in [0.2, 0.25) is 11.8 Å². The number of esters is 1. The Bertz CT molecular complexity index is 787. The molecule has 0 atom stereocenters. The van der Waals surface area contributed by atoms with Gasteiger partial charge in [0, 0.05) is 5.69 Å². The van der Waals surface area contributed by atoms with Gasteiger partial charge in [-0.3, -0.25) is 9.59 Å². The highest BCUT2D eigenvalue weighted by atomic mass is 16.5. The van der Waals surface area contributed by atoms with Crippen molar-refractivity contribution in [1.82, 2.24) is 0 Å². The van der Waals surface area contributed by atoms with Gasteiger partial charge in [0.1, 0.15) is 12.2 Å². The van der Waals surface area contributed by atoms with Gasteiger partial charge >= 0.3 is 5.97 Å². The first kappa shape index (κ1) is 19.0. The number of rotatable bonds is 7. The molecular weight excluding hydrogens is 336 g/mol. The van der Waals surface area contributed by atoms with Crippen molar-refractivity contribution in [2.45, 2.75) is 13.3 Å². The number of benzene rings is 2. The second-order valence-corrected chi connectivity index (χ2v) is 5.27. The highest BCUT2D eigenvalue weighted by Crippen LogP contribution is 2.17. The maximum atomic E-state index is 12.1. The summed E-state index contributed by atoms with van der Waals surface area (Å²) in [5.74, 6) is -0.880. The average Bonchev–Trinajstić information content (AvgIpc) is 2.63. The van der Waals surface area contributed by atoms with Crippen LogP contribution >= 0.6 is 0 Å². The Labute approximate surface area is 151 Å². The van der Waals surface area contributed by atoms with E-state index < -0.39 is 17.8 Å². The van der Waals surface area contributed by atoms with Crippen LogP contribution in [0.15, 0.2) is 48.5 Å². The van der Waals surface area contributed by atoms with Gasteiger partial charge in [-0.2, -0.15) is 0 Å². The second kappa shape index (κ2) is 9.22. The van der Waals surface area contributed by atoms with E-state index in [9.17, 15) is 14.4 Å². The highest BCUT2D eigenvalue weighted by Gasteiger charge is 2.15. The van der Waals surface area contributed by atoms with E-state index in [0.717, 1.165) is 0 Å². The van der Waals surface area contributed by atoms with Crippen molar-refractivity contribution >= 4 is 29.2 Å². The second-order valence-electron chi connectivity index (χ2n) is 5.27. The molecule has 0 heterocycles. The fourth-order valence-corrected chi connectivity index (χ4v) is 2.23. The molecule has 2 N–H and O–H groups in total. The fraction of sp³-hybridized carbons (Fsp3) is 0.211. The zero-order valence-electron chi connectivity index (χ0n) is 14.6. The van der Waals surface area contributed by atoms with Crippen LogP contribution in [-0.4, -0.2) is 31.5 Å². The third-order valence-corrected chi connectivity index (χ3v) is 3.38. The molecule has 0 radical (unpaired) electrons. The van der Waals surface area contributed by atoms with Crippen LogP contribution in [-0.2, 0) is 14.3 Å². The van der Waals surface area contributed by atoms with E-state index in [1.807, 2.05) is 6.92 Å². The lowest BCUT2D eigenvalue weighted by Gasteiger charge is -2.10. The van der Waals surface area contributed by atoms with Gasteiger partial charge in [0.25, 0.3) is 0 Å². The van der Waals surface area contributed by atoms with E-state index >= 15 is 0 Å². The monoisotopic (exact) mass is 356 g/mol. The smallest absolute Gasteiger partial charge is 0.339 e. The molecule has 2 amide bonds. The minimum absolute atomic E-state index is 0.218. The summed E-state index contributed by atoms with van der Waals surface area (Å²) in [6.07, 6.45) is -0.386. The Balaban J connectivity index is 1.93. The van der Waals surface area contributed by atoms with Crippen molar-refractivity contribution in [3.63, 3.8) is 0 Å². The Morgan fingerprint density at radius 2 is 1.58 bits per heavy atom. The SMILES string of the molecule is CCOc1ccc(NC(=O)CC(=O)Nc2ccccc2C(=O)OC)cc1. The molecule has 0 aliphatic heterocycles. The summed E-state index contributed by atoms with van der Waals surface area (Å²) < 4.78 is 9.99. The van der Waals surface area contributed by atoms with E-state index in [-0.39, 0.29) is 12.0 Å². The zero-order chi connectivity index (χ0) is 18.9. The van der Waals surface area contributed by atoms with Crippen LogP contribution in [0.5, 0.6) is 5.75 Å². The Morgan fingerprint density at radius 1 is 0.923 bits per heavy atom. The molecule has 0 saturated heterocycles. The van der Waals surface area contributed by atoms with Crippen molar-refractivity contribution in [2.75, 3.05) is 24.4 Å². The lowest BCUT2D eigenvalue weighted by atomic mass is 10.1. The predicted octanol–water partition coefficient (Wildman–Crippen LogP) is 2.84. The number of hydrogen-bond acceptors (Lipinski definition) is 5. The van der Waals surface area contributed by atoms with Gasteiger partial charge in [0.15, 0.2) is 0 Å². The van der Waals surface area contributed by atoms with Gasteiger partial charge < -0.3 is 20.1 Å². The number of amides is 2. The maximum Gasteiger partial charge on any atom is 0.339 e. The molecule has 7 heteroatoms. The van der Waals surface area contributed by atoms with Crippen LogP contribution in [0, 0.1) is 0 Å². The molecule has 2 aromatic rings. The molecule has 0 unspecified atom stereocenters. The first-order chi connectivity index (χ1) is 12.5. The van der Waals surface area contributed by atoms with Gasteiger partial charge in [0.05, 0.1) is 25.0 Å². The molecule has 0 aliphatic carbocycles. The Morgan fingerprint density at radius 3 is 2.23 bits per heavy atom. The molecule has 136 valence electrons. The minimum atomic E-state index is -0.570. The van der Waals surface area contributed by atoms with Gasteiger partial charge in [-0.05, 0) is 43.3 Å². The Hall–Kier alpha value is -3.35. The number of ether oxygens (including phenoxy) is 2. The van der Waals surface area contributed by atoms with Crippen LogP contribution < -0.4 is 15.4 Å². The van der Waals surface area contributed by atoms with Crippen LogP contribution in [0.3, 0.4) is 0 Å². The third-order valence-electron chi connectivity index (χ3n) is 3.38. The van der Waals surface area contributed by atoms with Crippen LogP contribution in [0.2, 0.25) is 0 Å². The quantitative estimate of drug-likeness (QED) is 0.588. The summed E-state index contributed by atoms with van der Waals surface area (Å²) in [5.41, 5.74) is 1.06. The van der Waals surface area contributed by atoms with Crippen molar-refractivity contribution < 1.29 is 23.9 Å². The first-order valence-corrected chi connectivity index (χ1v) is 8.03. The molecule has 0 saturated carbocycles. The van der Waals surface area contributed by atoms with E-state index in [1.54, 1.807) is 42.5 Å². The van der Waals surface area contributed by atoms with E-state index in [4.69, 9.17) is 4.74 Å². The highest BCUT2D eigenvalue weighted by molar-refractivity contribution is 6.09. The topological polar surface area (TPSA) is 93.7 Å². The summed E-state index contributed by atoms with van der Waals surface area (Å²) in [6, 6.07) is 13.2. The number of para-hydroxylation sites is 1. The molecular formula is C19H20N2O5. The van der Waals surface area contributed by atoms with E-state index in [0.29, 0.717) is 23.7 Å². The summed E-state index contributed by atoms with van der Waals surface area (Å²) in [4.78, 5) is 35.8. The Kier molecular flexibility index (Phi) is 6.73. The lowest BCUT2D eigenvalue weighted by Crippen LogP contribution is -2.22. The first-order valence-electron chi connectivity index (χ1n) is 8.03. The van der Waals surface area contributed by atoms with Gasteiger partial charge in [-0.15, -0.1) is 0 Å². The number of methoxy groups -OCH3 is 1. The zero-order valence-corrected chi connectivity index (χ0v) is 14.6. The van der Waals surface area contributed by atoms with Crippen LogP contribution in [0.4, 0.5) is 11.4 Å². The summed E-state index contributed by atoms with van der Waals surface area (Å²) in [7, 11) is 1.26. The van der Waals surface area contributed by atoms with Crippen molar-refractivity contribution in [3.8, 4) is 5.75 Å². The number of hydrogen-bond donors (Lipinski definition) is 2. The number of nitrogens with one attached hydrogen (secondary N) is 2. The van der Waals surface area contributed by atoms with E-state index in [2.05, 4.69) is 15.4 Å². The predicted molar refractivity (Wildman–Crippen MR) is 97.3 cm³/mol. The lowest BCUT2D eigenvalue weighted by molar-refractivity contribution is -0.123. The molecule has 7 nitrogen and oxygen atoms in total. The summed E-state index contributed by atoms with van der Waals surface area (Å²) in [5, 5.41) is 5.18. The molecule has 2 aromatic carbocycles. The molecule has 0 fully saturated rings. The van der Waals surface area contributed by atoms with Crippen LogP contribution in [0.1, 0.15) is 23.7 Å². The van der Waals surface area contributed by atoms with Gasteiger partial charge in [-0.1, -0.05) is 12.1 Å². The van der Waals surface area contributed by atoms with E-state index in [1.165, 1.54) is 13.2 Å². The van der Waals surface area contributed by atoms with Crippen molar-refractivity contribution in [1.29, 1.82) is 0 Å². The van der Waals surface area contributed by atoms with Crippen molar-refractivity contribution in [2.24, 2.45) is 0 Å².